The Hall–Kier alpha value is -2.68. The summed E-state index contributed by atoms with van der Waals surface area (Å²) in [6.07, 6.45) is -0.526. The van der Waals surface area contributed by atoms with E-state index in [4.69, 9.17) is 0 Å². The van der Waals surface area contributed by atoms with E-state index in [1.54, 1.807) is 18.2 Å². The fourth-order valence-electron chi connectivity index (χ4n) is 3.06. The van der Waals surface area contributed by atoms with Crippen LogP contribution in [0.1, 0.15) is 23.1 Å². The number of aryl methyl sites for hydroxylation is 1. The predicted molar refractivity (Wildman–Crippen MR) is 97.9 cm³/mol. The molecule has 0 spiro atoms. The van der Waals surface area contributed by atoms with Crippen LogP contribution in [0.25, 0.3) is 11.1 Å². The maximum atomic E-state index is 14.6. The van der Waals surface area contributed by atoms with Crippen LogP contribution in [0.5, 0.6) is 5.75 Å². The van der Waals surface area contributed by atoms with Gasteiger partial charge in [-0.05, 0) is 53.8 Å². The Bertz CT molecular complexity index is 1150. The molecule has 0 saturated heterocycles. The van der Waals surface area contributed by atoms with Gasteiger partial charge in [0.1, 0.15) is 22.3 Å². The molecule has 0 fully saturated rings. The number of allylic oxidation sites excluding steroid dienone is 4. The van der Waals surface area contributed by atoms with Crippen molar-refractivity contribution in [2.45, 2.75) is 24.6 Å². The molecule has 0 aromatic heterocycles. The molecule has 2 aromatic rings. The molecule has 0 heterocycles. The third kappa shape index (κ3) is 4.50. The molecule has 9 heteroatoms. The first kappa shape index (κ1) is 21.0. The topological polar surface area (TPSA) is 43.4 Å². The van der Waals surface area contributed by atoms with E-state index in [9.17, 15) is 30.4 Å². The summed E-state index contributed by atoms with van der Waals surface area (Å²) >= 11 is 0. The number of benzene rings is 2. The lowest BCUT2D eigenvalue weighted by Gasteiger charge is -2.15. The molecule has 0 unspecified atom stereocenters. The summed E-state index contributed by atoms with van der Waals surface area (Å²) in [6.45, 7) is 1.45. The minimum Gasteiger partial charge on any atom is -0.405 e. The molecule has 0 bridgehead atoms. The first-order valence-electron chi connectivity index (χ1n) is 8.34. The van der Waals surface area contributed by atoms with Gasteiger partial charge in [0.2, 0.25) is 0 Å². The quantitative estimate of drug-likeness (QED) is 0.607. The number of halogens is 5. The highest BCUT2D eigenvalue weighted by Crippen LogP contribution is 2.40. The van der Waals surface area contributed by atoms with Crippen LogP contribution in [0.4, 0.5) is 22.0 Å². The molecule has 0 amide bonds. The standard InChI is InChI=1S/C20H15F5O3S/c1-11-6-7-12(8-18(11)28-20(23,24)25)13-4-3-5-14(13)15-9-17(22)19(10-16(15)21)29(2,26)27/h4-10H,3H2,1-2H3. The Kier molecular flexibility index (Phi) is 5.29. The summed E-state index contributed by atoms with van der Waals surface area (Å²) in [4.78, 5) is -0.765. The fourth-order valence-corrected chi connectivity index (χ4v) is 3.80. The van der Waals surface area contributed by atoms with Crippen LogP contribution in [0.3, 0.4) is 0 Å². The van der Waals surface area contributed by atoms with Crippen molar-refractivity contribution < 1.29 is 35.1 Å². The Balaban J connectivity index is 2.04. The number of alkyl halides is 3. The zero-order valence-corrected chi connectivity index (χ0v) is 16.1. The Morgan fingerprint density at radius 2 is 1.62 bits per heavy atom. The molecule has 154 valence electrons. The molecule has 0 N–H and O–H groups in total. The van der Waals surface area contributed by atoms with Crippen molar-refractivity contribution in [3.63, 3.8) is 0 Å². The lowest BCUT2D eigenvalue weighted by molar-refractivity contribution is -0.274. The van der Waals surface area contributed by atoms with Crippen molar-refractivity contribution in [2.24, 2.45) is 0 Å². The van der Waals surface area contributed by atoms with E-state index < -0.39 is 38.5 Å². The van der Waals surface area contributed by atoms with E-state index in [-0.39, 0.29) is 16.7 Å². The highest BCUT2D eigenvalue weighted by Gasteiger charge is 2.32. The summed E-state index contributed by atoms with van der Waals surface area (Å²) in [5.74, 6) is -2.47. The number of hydrogen-bond acceptors (Lipinski definition) is 3. The third-order valence-electron chi connectivity index (χ3n) is 4.37. The van der Waals surface area contributed by atoms with Gasteiger partial charge in [-0.1, -0.05) is 24.3 Å². The molecule has 0 saturated carbocycles. The average molecular weight is 430 g/mol. The first-order chi connectivity index (χ1) is 13.4. The van der Waals surface area contributed by atoms with Crippen LogP contribution < -0.4 is 4.74 Å². The largest absolute Gasteiger partial charge is 0.573 e. The zero-order chi connectivity index (χ0) is 21.6. The van der Waals surface area contributed by atoms with Crippen molar-refractivity contribution in [3.8, 4) is 5.75 Å². The Morgan fingerprint density at radius 3 is 2.24 bits per heavy atom. The monoisotopic (exact) mass is 430 g/mol. The smallest absolute Gasteiger partial charge is 0.405 e. The SMILES string of the molecule is Cc1ccc(C2=CCC=C2c2cc(F)c(S(C)(=O)=O)cc2F)cc1OC(F)(F)F. The number of ether oxygens (including phenoxy) is 1. The van der Waals surface area contributed by atoms with Gasteiger partial charge in [0.25, 0.3) is 0 Å². The van der Waals surface area contributed by atoms with Gasteiger partial charge in [-0.15, -0.1) is 13.2 Å². The molecule has 29 heavy (non-hydrogen) atoms. The van der Waals surface area contributed by atoms with E-state index >= 15 is 0 Å². The van der Waals surface area contributed by atoms with Gasteiger partial charge in [-0.25, -0.2) is 17.2 Å². The van der Waals surface area contributed by atoms with Crippen molar-refractivity contribution in [1.82, 2.24) is 0 Å². The van der Waals surface area contributed by atoms with Crippen LogP contribution in [-0.2, 0) is 9.84 Å². The van der Waals surface area contributed by atoms with Crippen molar-refractivity contribution in [1.29, 1.82) is 0 Å². The second-order valence-electron chi connectivity index (χ2n) is 6.53. The van der Waals surface area contributed by atoms with Crippen molar-refractivity contribution in [3.05, 3.63) is 70.8 Å². The van der Waals surface area contributed by atoms with Crippen LogP contribution in [0.2, 0.25) is 0 Å². The first-order valence-corrected chi connectivity index (χ1v) is 10.2. The van der Waals surface area contributed by atoms with Gasteiger partial charge in [0.05, 0.1) is 0 Å². The molecule has 1 aliphatic carbocycles. The molecule has 3 rings (SSSR count). The maximum Gasteiger partial charge on any atom is 0.573 e. The summed E-state index contributed by atoms with van der Waals surface area (Å²) in [7, 11) is -3.96. The number of sulfone groups is 1. The molecule has 1 aliphatic rings. The van der Waals surface area contributed by atoms with Crippen molar-refractivity contribution >= 4 is 21.0 Å². The minimum absolute atomic E-state index is 0.183. The molecule has 3 nitrogen and oxygen atoms in total. The summed E-state index contributed by atoms with van der Waals surface area (Å²) < 4.78 is 93.9. The van der Waals surface area contributed by atoms with Gasteiger partial charge in [0.15, 0.2) is 9.84 Å². The zero-order valence-electron chi connectivity index (χ0n) is 15.3. The van der Waals surface area contributed by atoms with Crippen LogP contribution in [0.15, 0.2) is 47.4 Å². The van der Waals surface area contributed by atoms with Crippen LogP contribution in [0, 0.1) is 18.6 Å². The van der Waals surface area contributed by atoms with E-state index in [0.717, 1.165) is 12.3 Å². The normalized spacial score (nSPS) is 14.6. The van der Waals surface area contributed by atoms with Gasteiger partial charge >= 0.3 is 6.36 Å². The third-order valence-corrected chi connectivity index (χ3v) is 5.48. The summed E-state index contributed by atoms with van der Waals surface area (Å²) in [6, 6.07) is 5.52. The molecule has 0 radical (unpaired) electrons. The lowest BCUT2D eigenvalue weighted by Crippen LogP contribution is -2.17. The van der Waals surface area contributed by atoms with E-state index in [1.807, 2.05) is 0 Å². The Morgan fingerprint density at radius 1 is 0.966 bits per heavy atom. The Labute approximate surface area is 164 Å². The van der Waals surface area contributed by atoms with Gasteiger partial charge < -0.3 is 4.74 Å². The molecule has 0 atom stereocenters. The van der Waals surface area contributed by atoms with Gasteiger partial charge in [-0.3, -0.25) is 0 Å². The minimum atomic E-state index is -4.87. The highest BCUT2D eigenvalue weighted by atomic mass is 32.2. The second kappa shape index (κ2) is 7.29. The van der Waals surface area contributed by atoms with E-state index in [2.05, 4.69) is 4.74 Å². The molecular weight excluding hydrogens is 415 g/mol. The second-order valence-corrected chi connectivity index (χ2v) is 8.52. The average Bonchev–Trinajstić information content (AvgIpc) is 3.05. The number of hydrogen-bond donors (Lipinski definition) is 0. The van der Waals surface area contributed by atoms with Gasteiger partial charge in [-0.2, -0.15) is 0 Å². The van der Waals surface area contributed by atoms with E-state index in [0.29, 0.717) is 23.6 Å². The van der Waals surface area contributed by atoms with Crippen LogP contribution in [-0.4, -0.2) is 21.0 Å². The maximum absolute atomic E-state index is 14.6. The summed E-state index contributed by atoms with van der Waals surface area (Å²) in [5, 5.41) is 0. The van der Waals surface area contributed by atoms with Crippen LogP contribution >= 0.6 is 0 Å². The predicted octanol–water partition coefficient (Wildman–Crippen LogP) is 5.45. The highest BCUT2D eigenvalue weighted by molar-refractivity contribution is 7.90. The number of rotatable bonds is 4. The lowest BCUT2D eigenvalue weighted by atomic mass is 9.94. The molecule has 2 aromatic carbocycles. The van der Waals surface area contributed by atoms with E-state index in [1.165, 1.54) is 19.1 Å². The molecule has 0 aliphatic heterocycles. The summed E-state index contributed by atoms with van der Waals surface area (Å²) in [5.41, 5.74) is 1.04. The van der Waals surface area contributed by atoms with Crippen molar-refractivity contribution in [2.75, 3.05) is 6.26 Å². The molecular formula is C20H15F5O3S. The fraction of sp³-hybridized carbons (Fsp3) is 0.200. The van der Waals surface area contributed by atoms with Gasteiger partial charge in [0, 0.05) is 11.8 Å².